The first-order valence-corrected chi connectivity index (χ1v) is 12.9. The molecule has 2 aliphatic heterocycles. The number of aromatic nitrogens is 3. The molecule has 3 aromatic rings. The van der Waals surface area contributed by atoms with Crippen molar-refractivity contribution in [1.82, 2.24) is 25.0 Å². The number of aromatic amines is 1. The number of anilines is 1. The second-order valence-corrected chi connectivity index (χ2v) is 11.1. The van der Waals surface area contributed by atoms with Gasteiger partial charge >= 0.3 is 12.3 Å². The topological polar surface area (TPSA) is 77.6 Å². The van der Waals surface area contributed by atoms with Crippen LogP contribution in [0, 0.1) is 0 Å². The average Bonchev–Trinajstić information content (AvgIpc) is 3.33. The van der Waals surface area contributed by atoms with E-state index < -0.39 is 24.4 Å². The summed E-state index contributed by atoms with van der Waals surface area (Å²) < 4.78 is 46.4. The maximum atomic E-state index is 13.6. The standard InChI is InChI=1S/C27H33F3N6O2/c1-17-13-20-19(6-8-22-21(20)15-32-33-22)24(36(17)16-27(28,29)30)23-7-5-18(14-31-23)34-9-11-35(12-10-34)25(37)38-26(2,3)4/h5-8,14-15,17,24H,9-13,16H2,1-4H3,(H,32,33)/t17-,24?/m1/s1. The number of ether oxygens (including phenoxy) is 1. The van der Waals surface area contributed by atoms with E-state index in [1.54, 1.807) is 17.3 Å². The molecule has 2 aromatic heterocycles. The van der Waals surface area contributed by atoms with E-state index in [2.05, 4.69) is 20.1 Å². The molecule has 8 nitrogen and oxygen atoms in total. The number of benzene rings is 1. The van der Waals surface area contributed by atoms with E-state index >= 15 is 0 Å². The number of rotatable bonds is 3. The van der Waals surface area contributed by atoms with Crippen LogP contribution in [0.5, 0.6) is 0 Å². The highest BCUT2D eigenvalue weighted by Gasteiger charge is 2.41. The SMILES string of the molecule is C[C@@H]1Cc2c(ccc3[nH]ncc23)C(c2ccc(N3CCN(C(=O)OC(C)(C)C)CC3)cn2)N1CC(F)(F)F. The Bertz CT molecular complexity index is 1290. The van der Waals surface area contributed by atoms with Gasteiger partial charge in [0.2, 0.25) is 0 Å². The van der Waals surface area contributed by atoms with Crippen molar-refractivity contribution in [3.05, 3.63) is 53.5 Å². The number of carbonyl (C=O) groups is 1. The van der Waals surface area contributed by atoms with E-state index in [0.717, 1.165) is 27.7 Å². The van der Waals surface area contributed by atoms with E-state index in [4.69, 9.17) is 4.74 Å². The van der Waals surface area contributed by atoms with Gasteiger partial charge in [-0.15, -0.1) is 0 Å². The molecule has 0 bridgehead atoms. The quantitative estimate of drug-likeness (QED) is 0.519. The van der Waals surface area contributed by atoms with Gasteiger partial charge in [0.25, 0.3) is 0 Å². The fourth-order valence-corrected chi connectivity index (χ4v) is 5.43. The molecule has 4 heterocycles. The smallest absolute Gasteiger partial charge is 0.410 e. The van der Waals surface area contributed by atoms with Crippen LogP contribution in [-0.4, -0.2) is 81.6 Å². The zero-order valence-electron chi connectivity index (χ0n) is 22.0. The van der Waals surface area contributed by atoms with E-state index in [-0.39, 0.29) is 12.1 Å². The van der Waals surface area contributed by atoms with Gasteiger partial charge in [-0.3, -0.25) is 15.0 Å². The molecule has 1 N–H and O–H groups in total. The zero-order valence-corrected chi connectivity index (χ0v) is 22.0. The number of halogens is 3. The Labute approximate surface area is 219 Å². The Balaban J connectivity index is 1.39. The van der Waals surface area contributed by atoms with Crippen LogP contribution in [0.15, 0.2) is 36.7 Å². The van der Waals surface area contributed by atoms with Gasteiger partial charge in [-0.1, -0.05) is 6.07 Å². The van der Waals surface area contributed by atoms with Crippen LogP contribution in [0.4, 0.5) is 23.7 Å². The van der Waals surface area contributed by atoms with Gasteiger partial charge in [0, 0.05) is 37.6 Å². The number of H-pyrrole nitrogens is 1. The number of fused-ring (bicyclic) bond motifs is 3. The van der Waals surface area contributed by atoms with Crippen LogP contribution in [0.2, 0.25) is 0 Å². The molecule has 0 radical (unpaired) electrons. The first kappa shape index (κ1) is 26.3. The predicted octanol–water partition coefficient (Wildman–Crippen LogP) is 4.91. The van der Waals surface area contributed by atoms with Crippen molar-refractivity contribution < 1.29 is 22.7 Å². The van der Waals surface area contributed by atoms with Crippen LogP contribution in [0.1, 0.15) is 50.6 Å². The molecule has 204 valence electrons. The Morgan fingerprint density at radius 3 is 2.45 bits per heavy atom. The molecule has 1 saturated heterocycles. The van der Waals surface area contributed by atoms with Crippen molar-refractivity contribution in [3.63, 3.8) is 0 Å². The van der Waals surface area contributed by atoms with Crippen molar-refractivity contribution in [3.8, 4) is 0 Å². The minimum absolute atomic E-state index is 0.327. The molecule has 0 spiro atoms. The fourth-order valence-electron chi connectivity index (χ4n) is 5.43. The van der Waals surface area contributed by atoms with Gasteiger partial charge in [0.15, 0.2) is 0 Å². The van der Waals surface area contributed by atoms with E-state index in [9.17, 15) is 18.0 Å². The molecule has 1 unspecified atom stereocenters. The van der Waals surface area contributed by atoms with Crippen molar-refractivity contribution in [1.29, 1.82) is 0 Å². The van der Waals surface area contributed by atoms with Crippen LogP contribution in [-0.2, 0) is 11.2 Å². The second kappa shape index (κ2) is 9.76. The summed E-state index contributed by atoms with van der Waals surface area (Å²) in [4.78, 5) is 22.4. The maximum absolute atomic E-state index is 13.6. The molecular weight excluding hydrogens is 497 g/mol. The maximum Gasteiger partial charge on any atom is 0.410 e. The number of hydrogen-bond donors (Lipinski definition) is 1. The van der Waals surface area contributed by atoms with Crippen molar-refractivity contribution in [2.45, 2.75) is 58.0 Å². The Kier molecular flexibility index (Phi) is 6.75. The van der Waals surface area contributed by atoms with Crippen molar-refractivity contribution >= 4 is 22.7 Å². The van der Waals surface area contributed by atoms with Crippen LogP contribution in [0.3, 0.4) is 0 Å². The number of nitrogens with one attached hydrogen (secondary N) is 1. The van der Waals surface area contributed by atoms with E-state index in [0.29, 0.717) is 38.3 Å². The summed E-state index contributed by atoms with van der Waals surface area (Å²) in [7, 11) is 0. The minimum Gasteiger partial charge on any atom is -0.444 e. The lowest BCUT2D eigenvalue weighted by Crippen LogP contribution is -2.50. The summed E-state index contributed by atoms with van der Waals surface area (Å²) in [6.45, 7) is 8.60. The van der Waals surface area contributed by atoms with Gasteiger partial charge in [-0.05, 0) is 63.4 Å². The first-order chi connectivity index (χ1) is 17.9. The number of amides is 1. The summed E-state index contributed by atoms with van der Waals surface area (Å²) in [6.07, 6.45) is -0.701. The number of pyridine rings is 1. The summed E-state index contributed by atoms with van der Waals surface area (Å²) in [5.41, 5.74) is 3.60. The molecule has 11 heteroatoms. The van der Waals surface area contributed by atoms with Gasteiger partial charge in [0.05, 0.1) is 41.9 Å². The fraction of sp³-hybridized carbons (Fsp3) is 0.519. The van der Waals surface area contributed by atoms with Crippen LogP contribution in [0.25, 0.3) is 10.9 Å². The molecule has 1 fully saturated rings. The van der Waals surface area contributed by atoms with E-state index in [1.807, 2.05) is 52.0 Å². The number of nitrogens with zero attached hydrogens (tertiary/aromatic N) is 5. The van der Waals surface area contributed by atoms with Gasteiger partial charge in [0.1, 0.15) is 5.60 Å². The number of alkyl halides is 3. The molecule has 1 amide bonds. The molecule has 2 aliphatic rings. The lowest BCUT2D eigenvalue weighted by Gasteiger charge is -2.42. The molecular formula is C27H33F3N6O2. The molecule has 5 rings (SSSR count). The third-order valence-electron chi connectivity index (χ3n) is 7.17. The third kappa shape index (κ3) is 5.43. The first-order valence-electron chi connectivity index (χ1n) is 12.9. The van der Waals surface area contributed by atoms with E-state index in [1.165, 1.54) is 4.90 Å². The second-order valence-electron chi connectivity index (χ2n) is 11.1. The highest BCUT2D eigenvalue weighted by atomic mass is 19.4. The average molecular weight is 531 g/mol. The highest BCUT2D eigenvalue weighted by molar-refractivity contribution is 5.83. The Hall–Kier alpha value is -3.34. The monoisotopic (exact) mass is 530 g/mol. The Morgan fingerprint density at radius 1 is 1.08 bits per heavy atom. The molecule has 38 heavy (non-hydrogen) atoms. The number of carbonyl (C=O) groups excluding carboxylic acids is 1. The molecule has 0 saturated carbocycles. The van der Waals surface area contributed by atoms with Crippen molar-refractivity contribution in [2.24, 2.45) is 0 Å². The predicted molar refractivity (Wildman–Crippen MR) is 138 cm³/mol. The minimum atomic E-state index is -4.34. The Morgan fingerprint density at radius 2 is 1.82 bits per heavy atom. The van der Waals surface area contributed by atoms with Crippen molar-refractivity contribution in [2.75, 3.05) is 37.6 Å². The molecule has 0 aliphatic carbocycles. The van der Waals surface area contributed by atoms with Gasteiger partial charge < -0.3 is 14.5 Å². The summed E-state index contributed by atoms with van der Waals surface area (Å²) >= 11 is 0. The van der Waals surface area contributed by atoms with Crippen LogP contribution >= 0.6 is 0 Å². The van der Waals surface area contributed by atoms with Gasteiger partial charge in [-0.25, -0.2) is 4.79 Å². The normalized spacial score (nSPS) is 21.0. The lowest BCUT2D eigenvalue weighted by molar-refractivity contribution is -0.155. The molecule has 2 atom stereocenters. The van der Waals surface area contributed by atoms with Gasteiger partial charge in [-0.2, -0.15) is 18.3 Å². The third-order valence-corrected chi connectivity index (χ3v) is 7.17. The highest BCUT2D eigenvalue weighted by Crippen LogP contribution is 2.41. The summed E-state index contributed by atoms with van der Waals surface area (Å²) in [5.74, 6) is 0. The largest absolute Gasteiger partial charge is 0.444 e. The number of piperazine rings is 1. The molecule has 1 aromatic carbocycles. The zero-order chi connectivity index (χ0) is 27.2. The summed E-state index contributed by atoms with van der Waals surface area (Å²) in [5, 5.41) is 8.03. The summed E-state index contributed by atoms with van der Waals surface area (Å²) in [6, 6.07) is 6.53. The lowest BCUT2D eigenvalue weighted by atomic mass is 9.85. The number of hydrogen-bond acceptors (Lipinski definition) is 6. The van der Waals surface area contributed by atoms with Crippen LogP contribution < -0.4 is 4.90 Å².